The third kappa shape index (κ3) is 4.83. The van der Waals surface area contributed by atoms with Crippen molar-refractivity contribution in [3.8, 4) is 11.5 Å². The standard InChI is InChI=1S/C13H18N2O7S/c1-8(16)14-10(13(17)15-18)7-23(19,20)9-4-5-11(21-2)12(6-9)22-3/h4-6,10,18H,7H2,1-3H3,(H,14,16)(H,15,17). The van der Waals surface area contributed by atoms with E-state index >= 15 is 0 Å². The van der Waals surface area contributed by atoms with Crippen molar-refractivity contribution in [2.45, 2.75) is 17.9 Å². The molecule has 2 amide bonds. The van der Waals surface area contributed by atoms with Gasteiger partial charge in [-0.3, -0.25) is 14.8 Å². The number of hydrogen-bond acceptors (Lipinski definition) is 7. The van der Waals surface area contributed by atoms with Crippen molar-refractivity contribution >= 4 is 21.7 Å². The molecule has 1 aromatic rings. The van der Waals surface area contributed by atoms with Crippen LogP contribution < -0.4 is 20.3 Å². The predicted molar refractivity (Wildman–Crippen MR) is 79.1 cm³/mol. The van der Waals surface area contributed by atoms with Crippen molar-refractivity contribution in [1.29, 1.82) is 0 Å². The minimum absolute atomic E-state index is 0.115. The highest BCUT2D eigenvalue weighted by Crippen LogP contribution is 2.29. The molecule has 0 spiro atoms. The lowest BCUT2D eigenvalue weighted by Crippen LogP contribution is -2.49. The third-order valence-corrected chi connectivity index (χ3v) is 4.65. The molecule has 0 radical (unpaired) electrons. The van der Waals surface area contributed by atoms with Crippen LogP contribution in [-0.2, 0) is 19.4 Å². The molecule has 0 aliphatic carbocycles. The van der Waals surface area contributed by atoms with Gasteiger partial charge in [0, 0.05) is 13.0 Å². The zero-order valence-corrected chi connectivity index (χ0v) is 13.6. The maximum absolute atomic E-state index is 12.4. The van der Waals surface area contributed by atoms with E-state index in [4.69, 9.17) is 14.7 Å². The first kappa shape index (κ1) is 18.7. The SMILES string of the molecule is COc1ccc(S(=O)(=O)CC(NC(C)=O)C(=O)NO)cc1OC. The lowest BCUT2D eigenvalue weighted by Gasteiger charge is -2.16. The van der Waals surface area contributed by atoms with Crippen LogP contribution in [-0.4, -0.2) is 51.5 Å². The quantitative estimate of drug-likeness (QED) is 0.447. The second-order valence-corrected chi connectivity index (χ2v) is 6.56. The van der Waals surface area contributed by atoms with Gasteiger partial charge in [-0.2, -0.15) is 0 Å². The number of hydrogen-bond donors (Lipinski definition) is 3. The maximum Gasteiger partial charge on any atom is 0.266 e. The van der Waals surface area contributed by atoms with Crippen LogP contribution in [0.15, 0.2) is 23.1 Å². The molecular weight excluding hydrogens is 328 g/mol. The molecule has 0 aromatic heterocycles. The van der Waals surface area contributed by atoms with Crippen LogP contribution in [0.4, 0.5) is 0 Å². The lowest BCUT2D eigenvalue weighted by atomic mass is 10.3. The Balaban J connectivity index is 3.14. The molecule has 23 heavy (non-hydrogen) atoms. The van der Waals surface area contributed by atoms with Gasteiger partial charge in [0.1, 0.15) is 6.04 Å². The Hall–Kier alpha value is -2.33. The highest BCUT2D eigenvalue weighted by atomic mass is 32.2. The average molecular weight is 346 g/mol. The summed E-state index contributed by atoms with van der Waals surface area (Å²) in [5.74, 6) is -1.83. The number of ether oxygens (including phenoxy) is 2. The smallest absolute Gasteiger partial charge is 0.266 e. The Morgan fingerprint density at radius 3 is 2.30 bits per heavy atom. The average Bonchev–Trinajstić information content (AvgIpc) is 2.51. The Bertz CT molecular complexity index is 688. The first-order valence-electron chi connectivity index (χ1n) is 6.41. The number of carbonyl (C=O) groups is 2. The van der Waals surface area contributed by atoms with Crippen LogP contribution in [0.25, 0.3) is 0 Å². The number of hydroxylamine groups is 1. The van der Waals surface area contributed by atoms with Gasteiger partial charge in [0.05, 0.1) is 24.9 Å². The molecule has 9 nitrogen and oxygen atoms in total. The summed E-state index contributed by atoms with van der Waals surface area (Å²) in [6, 6.07) is 2.51. The molecular formula is C13H18N2O7S. The van der Waals surface area contributed by atoms with Crippen molar-refractivity contribution in [3.63, 3.8) is 0 Å². The zero-order chi connectivity index (χ0) is 17.6. The molecule has 0 aliphatic heterocycles. The highest BCUT2D eigenvalue weighted by molar-refractivity contribution is 7.91. The van der Waals surface area contributed by atoms with E-state index in [9.17, 15) is 18.0 Å². The fourth-order valence-electron chi connectivity index (χ4n) is 1.83. The molecule has 1 rings (SSSR count). The van der Waals surface area contributed by atoms with Crippen molar-refractivity contribution in [2.24, 2.45) is 0 Å². The fraction of sp³-hybridized carbons (Fsp3) is 0.385. The van der Waals surface area contributed by atoms with Gasteiger partial charge in [0.15, 0.2) is 21.3 Å². The number of nitrogens with one attached hydrogen (secondary N) is 2. The van der Waals surface area contributed by atoms with Gasteiger partial charge in [-0.05, 0) is 12.1 Å². The fourth-order valence-corrected chi connectivity index (χ4v) is 3.26. The van der Waals surface area contributed by atoms with Crippen LogP contribution in [0.3, 0.4) is 0 Å². The summed E-state index contributed by atoms with van der Waals surface area (Å²) in [7, 11) is -1.18. The number of amides is 2. The predicted octanol–water partition coefficient (Wildman–Crippen LogP) is -0.512. The van der Waals surface area contributed by atoms with Gasteiger partial charge in [0.25, 0.3) is 5.91 Å². The Morgan fingerprint density at radius 1 is 1.22 bits per heavy atom. The summed E-state index contributed by atoms with van der Waals surface area (Å²) < 4.78 is 34.9. The van der Waals surface area contributed by atoms with Crippen molar-refractivity contribution < 1.29 is 32.7 Å². The molecule has 1 aromatic carbocycles. The van der Waals surface area contributed by atoms with Gasteiger partial charge < -0.3 is 14.8 Å². The topological polar surface area (TPSA) is 131 Å². The van der Waals surface area contributed by atoms with E-state index in [0.29, 0.717) is 5.75 Å². The van der Waals surface area contributed by atoms with Crippen LogP contribution >= 0.6 is 0 Å². The van der Waals surface area contributed by atoms with E-state index < -0.39 is 33.4 Å². The second kappa shape index (κ2) is 7.79. The van der Waals surface area contributed by atoms with Crippen LogP contribution in [0.1, 0.15) is 6.92 Å². The molecule has 128 valence electrons. The minimum atomic E-state index is -3.94. The van der Waals surface area contributed by atoms with Gasteiger partial charge in [-0.25, -0.2) is 13.9 Å². The van der Waals surface area contributed by atoms with E-state index in [1.807, 2.05) is 0 Å². The summed E-state index contributed by atoms with van der Waals surface area (Å²) in [6.45, 7) is 1.13. The summed E-state index contributed by atoms with van der Waals surface area (Å²) >= 11 is 0. The summed E-state index contributed by atoms with van der Waals surface area (Å²) in [5.41, 5.74) is 1.32. The van der Waals surface area contributed by atoms with E-state index in [-0.39, 0.29) is 10.6 Å². The van der Waals surface area contributed by atoms with Crippen molar-refractivity contribution in [3.05, 3.63) is 18.2 Å². The Morgan fingerprint density at radius 2 is 1.83 bits per heavy atom. The Labute approximate surface area is 133 Å². The monoisotopic (exact) mass is 346 g/mol. The maximum atomic E-state index is 12.4. The van der Waals surface area contributed by atoms with Crippen LogP contribution in [0.2, 0.25) is 0 Å². The molecule has 0 bridgehead atoms. The largest absolute Gasteiger partial charge is 0.493 e. The third-order valence-electron chi connectivity index (χ3n) is 2.90. The number of rotatable bonds is 7. The summed E-state index contributed by atoms with van der Waals surface area (Å²) in [4.78, 5) is 22.5. The first-order chi connectivity index (χ1) is 10.7. The van der Waals surface area contributed by atoms with Crippen molar-refractivity contribution in [2.75, 3.05) is 20.0 Å². The molecule has 0 heterocycles. The number of benzene rings is 1. The van der Waals surface area contributed by atoms with E-state index in [0.717, 1.165) is 6.92 Å². The van der Waals surface area contributed by atoms with Crippen LogP contribution in [0.5, 0.6) is 11.5 Å². The van der Waals surface area contributed by atoms with Gasteiger partial charge in [0.2, 0.25) is 5.91 Å². The lowest BCUT2D eigenvalue weighted by molar-refractivity contribution is -0.133. The molecule has 0 saturated carbocycles. The summed E-state index contributed by atoms with van der Waals surface area (Å²) in [6.07, 6.45) is 0. The van der Waals surface area contributed by atoms with E-state index in [2.05, 4.69) is 5.32 Å². The molecule has 3 N–H and O–H groups in total. The summed E-state index contributed by atoms with van der Waals surface area (Å²) in [5, 5.41) is 10.8. The highest BCUT2D eigenvalue weighted by Gasteiger charge is 2.28. The van der Waals surface area contributed by atoms with Gasteiger partial charge in [-0.15, -0.1) is 0 Å². The zero-order valence-electron chi connectivity index (χ0n) is 12.8. The number of carbonyl (C=O) groups excluding carboxylic acids is 2. The van der Waals surface area contributed by atoms with E-state index in [1.54, 1.807) is 0 Å². The molecule has 1 atom stereocenters. The number of methoxy groups -OCH3 is 2. The molecule has 0 fully saturated rings. The normalized spacial score (nSPS) is 12.2. The molecule has 1 unspecified atom stereocenters. The molecule has 0 saturated heterocycles. The van der Waals surface area contributed by atoms with Gasteiger partial charge >= 0.3 is 0 Å². The molecule has 0 aliphatic rings. The molecule has 10 heteroatoms. The Kier molecular flexibility index (Phi) is 6.34. The van der Waals surface area contributed by atoms with Crippen LogP contribution in [0, 0.1) is 0 Å². The number of sulfone groups is 1. The minimum Gasteiger partial charge on any atom is -0.493 e. The van der Waals surface area contributed by atoms with Gasteiger partial charge in [-0.1, -0.05) is 0 Å². The first-order valence-corrected chi connectivity index (χ1v) is 8.06. The van der Waals surface area contributed by atoms with E-state index in [1.165, 1.54) is 37.9 Å². The second-order valence-electron chi connectivity index (χ2n) is 4.53. The van der Waals surface area contributed by atoms with Crippen molar-refractivity contribution in [1.82, 2.24) is 10.8 Å².